The third-order valence-electron chi connectivity index (χ3n) is 3.24. The van der Waals surface area contributed by atoms with Crippen LogP contribution in [0.5, 0.6) is 0 Å². The SMILES string of the molecule is Cl.Nc1ccc(/C=C/c2ccc([N+](=O)[O-])cc2S(=O)(=O)O)c(S(=O)(=O)O)c1. The number of nitro benzene ring substituents is 1. The van der Waals surface area contributed by atoms with Crippen molar-refractivity contribution in [2.75, 3.05) is 5.73 Å². The molecular formula is C14H13ClN2O8S2. The number of nitro groups is 1. The van der Waals surface area contributed by atoms with Gasteiger partial charge in [0, 0.05) is 17.8 Å². The molecule has 0 fully saturated rings. The van der Waals surface area contributed by atoms with Crippen LogP contribution in [0, 0.1) is 10.1 Å². The van der Waals surface area contributed by atoms with E-state index in [1.165, 1.54) is 12.1 Å². The molecular weight excluding hydrogens is 424 g/mol. The van der Waals surface area contributed by atoms with E-state index in [1.807, 2.05) is 0 Å². The van der Waals surface area contributed by atoms with Crippen molar-refractivity contribution < 1.29 is 30.9 Å². The summed E-state index contributed by atoms with van der Waals surface area (Å²) in [4.78, 5) is 8.69. The second-order valence-electron chi connectivity index (χ2n) is 5.06. The number of hydrogen-bond acceptors (Lipinski definition) is 7. The maximum Gasteiger partial charge on any atom is 0.295 e. The van der Waals surface area contributed by atoms with Crippen LogP contribution in [0.15, 0.2) is 46.2 Å². The molecule has 4 N–H and O–H groups in total. The van der Waals surface area contributed by atoms with Crippen LogP contribution in [0.2, 0.25) is 0 Å². The molecule has 0 saturated carbocycles. The van der Waals surface area contributed by atoms with Crippen molar-refractivity contribution in [3.8, 4) is 0 Å². The maximum atomic E-state index is 11.5. The highest BCUT2D eigenvalue weighted by molar-refractivity contribution is 7.86. The molecule has 0 aromatic heterocycles. The summed E-state index contributed by atoms with van der Waals surface area (Å²) in [6, 6.07) is 6.39. The van der Waals surface area contributed by atoms with Crippen molar-refractivity contribution in [1.29, 1.82) is 0 Å². The third-order valence-corrected chi connectivity index (χ3v) is 5.06. The van der Waals surface area contributed by atoms with Crippen molar-refractivity contribution in [2.24, 2.45) is 0 Å². The van der Waals surface area contributed by atoms with Gasteiger partial charge < -0.3 is 5.73 Å². The van der Waals surface area contributed by atoms with Gasteiger partial charge in [0.2, 0.25) is 0 Å². The summed E-state index contributed by atoms with van der Waals surface area (Å²) in [6.07, 6.45) is 2.27. The van der Waals surface area contributed by atoms with Gasteiger partial charge in [-0.05, 0) is 29.3 Å². The molecule has 0 saturated heterocycles. The van der Waals surface area contributed by atoms with Crippen LogP contribution in [-0.2, 0) is 20.2 Å². The minimum atomic E-state index is -4.78. The Labute approximate surface area is 160 Å². The second-order valence-corrected chi connectivity index (χ2v) is 7.84. The molecule has 2 rings (SSSR count). The van der Waals surface area contributed by atoms with Gasteiger partial charge in [-0.1, -0.05) is 18.2 Å². The minimum Gasteiger partial charge on any atom is -0.399 e. The summed E-state index contributed by atoms with van der Waals surface area (Å²) in [5.41, 5.74) is 4.86. The van der Waals surface area contributed by atoms with Gasteiger partial charge >= 0.3 is 0 Å². The van der Waals surface area contributed by atoms with E-state index in [4.69, 9.17) is 5.73 Å². The quantitative estimate of drug-likeness (QED) is 0.208. The Kier molecular flexibility index (Phi) is 6.69. The van der Waals surface area contributed by atoms with Crippen molar-refractivity contribution >= 4 is 56.2 Å². The molecule has 0 aliphatic carbocycles. The van der Waals surface area contributed by atoms with Crippen LogP contribution < -0.4 is 5.73 Å². The average Bonchev–Trinajstić information content (AvgIpc) is 2.51. The van der Waals surface area contributed by atoms with E-state index >= 15 is 0 Å². The molecule has 2 aromatic carbocycles. The fourth-order valence-corrected chi connectivity index (χ4v) is 3.51. The van der Waals surface area contributed by atoms with Crippen molar-refractivity contribution in [2.45, 2.75) is 9.79 Å². The molecule has 0 amide bonds. The molecule has 146 valence electrons. The third kappa shape index (κ3) is 5.48. The molecule has 0 unspecified atom stereocenters. The first-order valence-corrected chi connectivity index (χ1v) is 9.58. The van der Waals surface area contributed by atoms with E-state index in [0.717, 1.165) is 30.4 Å². The lowest BCUT2D eigenvalue weighted by atomic mass is 10.1. The van der Waals surface area contributed by atoms with Gasteiger partial charge in [-0.25, -0.2) is 0 Å². The zero-order chi connectivity index (χ0) is 19.7. The van der Waals surface area contributed by atoms with Gasteiger partial charge in [-0.3, -0.25) is 19.2 Å². The molecule has 10 nitrogen and oxygen atoms in total. The molecule has 27 heavy (non-hydrogen) atoms. The summed E-state index contributed by atoms with van der Waals surface area (Å²) < 4.78 is 64.3. The summed E-state index contributed by atoms with van der Waals surface area (Å²) >= 11 is 0. The first-order valence-electron chi connectivity index (χ1n) is 6.70. The number of non-ortho nitro benzene ring substituents is 1. The largest absolute Gasteiger partial charge is 0.399 e. The lowest BCUT2D eigenvalue weighted by molar-refractivity contribution is -0.385. The predicted molar refractivity (Wildman–Crippen MR) is 99.8 cm³/mol. The lowest BCUT2D eigenvalue weighted by Crippen LogP contribution is -2.03. The number of benzene rings is 2. The summed E-state index contributed by atoms with van der Waals surface area (Å²) in [5, 5.41) is 10.8. The van der Waals surface area contributed by atoms with Gasteiger partial charge in [-0.15, -0.1) is 12.4 Å². The molecule has 0 aliphatic rings. The van der Waals surface area contributed by atoms with Gasteiger partial charge in [0.1, 0.15) is 9.79 Å². The highest BCUT2D eigenvalue weighted by atomic mass is 35.5. The lowest BCUT2D eigenvalue weighted by Gasteiger charge is -2.06. The van der Waals surface area contributed by atoms with Crippen LogP contribution in [0.4, 0.5) is 11.4 Å². The van der Waals surface area contributed by atoms with Crippen LogP contribution in [-0.4, -0.2) is 30.9 Å². The van der Waals surface area contributed by atoms with E-state index in [0.29, 0.717) is 6.07 Å². The van der Waals surface area contributed by atoms with E-state index in [9.17, 15) is 36.1 Å². The predicted octanol–water partition coefficient (Wildman–Crippen LogP) is 2.26. The fraction of sp³-hybridized carbons (Fsp3) is 0. The van der Waals surface area contributed by atoms with Crippen LogP contribution >= 0.6 is 12.4 Å². The number of nitrogen functional groups attached to an aromatic ring is 1. The molecule has 0 heterocycles. The van der Waals surface area contributed by atoms with Crippen molar-refractivity contribution in [1.82, 2.24) is 0 Å². The van der Waals surface area contributed by atoms with Gasteiger partial charge in [0.15, 0.2) is 0 Å². The number of halogens is 1. The van der Waals surface area contributed by atoms with E-state index in [-0.39, 0.29) is 29.2 Å². The Bertz CT molecular complexity index is 1130. The maximum absolute atomic E-state index is 11.5. The molecule has 0 atom stereocenters. The van der Waals surface area contributed by atoms with Crippen LogP contribution in [0.25, 0.3) is 12.2 Å². The topological polar surface area (TPSA) is 178 Å². The van der Waals surface area contributed by atoms with Crippen molar-refractivity contribution in [3.63, 3.8) is 0 Å². The van der Waals surface area contributed by atoms with E-state index in [1.54, 1.807) is 0 Å². The van der Waals surface area contributed by atoms with E-state index < -0.39 is 40.6 Å². The Balaban J connectivity index is 0.00000364. The Morgan fingerprint density at radius 1 is 0.889 bits per heavy atom. The zero-order valence-corrected chi connectivity index (χ0v) is 15.7. The standard InChI is InChI=1S/C14H12N2O8S2.ClH/c15-11-5-3-9(13(7-11)25(19,20)21)1-2-10-4-6-12(16(17)18)8-14(10)26(22,23)24;/h1-8H,15H2,(H,19,20,21)(H,22,23,24);1H/b2-1+;. The summed E-state index contributed by atoms with van der Waals surface area (Å²) in [5.74, 6) is 0. The zero-order valence-electron chi connectivity index (χ0n) is 13.2. The molecule has 2 aromatic rings. The fourth-order valence-electron chi connectivity index (χ4n) is 2.09. The van der Waals surface area contributed by atoms with Crippen LogP contribution in [0.3, 0.4) is 0 Å². The van der Waals surface area contributed by atoms with Crippen molar-refractivity contribution in [3.05, 3.63) is 57.6 Å². The number of nitrogens with zero attached hydrogens (tertiary/aromatic N) is 1. The smallest absolute Gasteiger partial charge is 0.295 e. The normalized spacial score (nSPS) is 11.9. The van der Waals surface area contributed by atoms with Gasteiger partial charge in [-0.2, -0.15) is 16.8 Å². The highest BCUT2D eigenvalue weighted by Crippen LogP contribution is 2.26. The summed E-state index contributed by atoms with van der Waals surface area (Å²) in [6.45, 7) is 0. The van der Waals surface area contributed by atoms with Gasteiger partial charge in [0.05, 0.1) is 4.92 Å². The number of hydrogen-bond donors (Lipinski definition) is 3. The Hall–Kier alpha value is -2.51. The molecule has 0 radical (unpaired) electrons. The number of rotatable bonds is 5. The monoisotopic (exact) mass is 436 g/mol. The molecule has 13 heteroatoms. The highest BCUT2D eigenvalue weighted by Gasteiger charge is 2.19. The van der Waals surface area contributed by atoms with Crippen LogP contribution in [0.1, 0.15) is 11.1 Å². The minimum absolute atomic E-state index is 0. The first kappa shape index (κ1) is 22.5. The Morgan fingerprint density at radius 3 is 1.78 bits per heavy atom. The summed E-state index contributed by atoms with van der Waals surface area (Å²) in [7, 11) is -9.39. The van der Waals surface area contributed by atoms with E-state index in [2.05, 4.69) is 0 Å². The molecule has 0 spiro atoms. The first-order chi connectivity index (χ1) is 11.9. The second kappa shape index (κ2) is 8.02. The molecule has 0 bridgehead atoms. The molecule has 0 aliphatic heterocycles. The number of anilines is 1. The average molecular weight is 437 g/mol. The Morgan fingerprint density at radius 2 is 1.33 bits per heavy atom. The number of nitrogens with two attached hydrogens (primary N) is 1. The van der Waals surface area contributed by atoms with Gasteiger partial charge in [0.25, 0.3) is 25.9 Å².